The van der Waals surface area contributed by atoms with Gasteiger partial charge in [0.25, 0.3) is 0 Å². The number of nitrogens with one attached hydrogen (secondary N) is 1. The summed E-state index contributed by atoms with van der Waals surface area (Å²) in [6, 6.07) is 4.38. The van der Waals surface area contributed by atoms with Gasteiger partial charge in [0.05, 0.1) is 0 Å². The zero-order chi connectivity index (χ0) is 13.9. The first-order valence-electron chi connectivity index (χ1n) is 6.95. The van der Waals surface area contributed by atoms with Crippen molar-refractivity contribution in [2.24, 2.45) is 11.8 Å². The molecule has 108 valence electrons. The highest BCUT2D eigenvalue weighted by Gasteiger charge is 2.37. The third-order valence-electron chi connectivity index (χ3n) is 4.03. The zero-order valence-corrected chi connectivity index (χ0v) is 12.1. The highest BCUT2D eigenvalue weighted by Crippen LogP contribution is 2.38. The van der Waals surface area contributed by atoms with Gasteiger partial charge in [-0.15, -0.1) is 11.3 Å². The van der Waals surface area contributed by atoms with Crippen LogP contribution in [0.1, 0.15) is 42.4 Å². The Hall–Kier alpha value is -0.520. The summed E-state index contributed by atoms with van der Waals surface area (Å²) in [5.74, 6) is 3.42. The van der Waals surface area contributed by atoms with E-state index in [1.807, 2.05) is 0 Å². The third-order valence-corrected chi connectivity index (χ3v) is 5.28. The molecule has 2 rings (SSSR count). The first-order chi connectivity index (χ1) is 9.04. The summed E-state index contributed by atoms with van der Waals surface area (Å²) in [7, 11) is 0. The van der Waals surface area contributed by atoms with Crippen molar-refractivity contribution < 1.29 is 8.78 Å². The smallest absolute Gasteiger partial charge is 0.248 e. The Kier molecular flexibility index (Phi) is 4.92. The van der Waals surface area contributed by atoms with Gasteiger partial charge in [0.1, 0.15) is 0 Å². The van der Waals surface area contributed by atoms with Crippen LogP contribution in [-0.2, 0) is 12.8 Å². The molecule has 1 unspecified atom stereocenters. The lowest BCUT2D eigenvalue weighted by atomic mass is 9.81. The van der Waals surface area contributed by atoms with Crippen LogP contribution in [0.4, 0.5) is 8.78 Å². The van der Waals surface area contributed by atoms with Gasteiger partial charge >= 0.3 is 0 Å². The Bertz CT molecular complexity index is 396. The fourth-order valence-electron chi connectivity index (χ4n) is 2.77. The molecule has 1 fully saturated rings. The molecule has 0 radical (unpaired) electrons. The van der Waals surface area contributed by atoms with Crippen molar-refractivity contribution >= 4 is 11.3 Å². The summed E-state index contributed by atoms with van der Waals surface area (Å²) in [4.78, 5) is 2.65. The number of thiophene rings is 1. The molecule has 1 atom stereocenters. The van der Waals surface area contributed by atoms with Crippen molar-refractivity contribution in [2.75, 3.05) is 0 Å². The van der Waals surface area contributed by atoms with Crippen LogP contribution in [0.15, 0.2) is 12.1 Å². The number of aryl methyl sites for hydroxylation is 1. The van der Waals surface area contributed by atoms with Crippen molar-refractivity contribution in [2.45, 2.75) is 57.4 Å². The van der Waals surface area contributed by atoms with Crippen molar-refractivity contribution in [3.8, 4) is 0 Å². The lowest BCUT2D eigenvalue weighted by molar-refractivity contribution is -0.0495. The van der Waals surface area contributed by atoms with Crippen molar-refractivity contribution in [1.29, 1.82) is 0 Å². The molecule has 3 N–H and O–H groups in total. The van der Waals surface area contributed by atoms with E-state index in [0.29, 0.717) is 12.8 Å². The Morgan fingerprint density at radius 1 is 1.37 bits per heavy atom. The molecule has 1 aromatic rings. The van der Waals surface area contributed by atoms with Crippen LogP contribution in [0.5, 0.6) is 0 Å². The van der Waals surface area contributed by atoms with E-state index in [4.69, 9.17) is 5.84 Å². The zero-order valence-electron chi connectivity index (χ0n) is 11.3. The molecule has 2 nitrogen and oxygen atoms in total. The monoisotopic (exact) mass is 288 g/mol. The van der Waals surface area contributed by atoms with Crippen LogP contribution in [0.2, 0.25) is 0 Å². The number of hydrazine groups is 1. The first kappa shape index (κ1) is 14.9. The van der Waals surface area contributed by atoms with Crippen molar-refractivity contribution in [3.63, 3.8) is 0 Å². The van der Waals surface area contributed by atoms with Gasteiger partial charge < -0.3 is 0 Å². The van der Waals surface area contributed by atoms with E-state index in [2.05, 4.69) is 24.5 Å². The molecule has 0 aromatic carbocycles. The number of hydrogen-bond donors (Lipinski definition) is 2. The highest BCUT2D eigenvalue weighted by atomic mass is 32.1. The predicted octanol–water partition coefficient (Wildman–Crippen LogP) is 3.51. The molecular weight excluding hydrogens is 266 g/mol. The molecule has 1 saturated carbocycles. The standard InChI is InChI=1S/C14H22F2N2S/c1-2-11-3-4-12(19-11)9-13(18-17)10-5-7-14(15,16)8-6-10/h3-4,10,13,18H,2,5-9,17H2,1H3. The van der Waals surface area contributed by atoms with E-state index in [1.165, 1.54) is 9.75 Å². The lowest BCUT2D eigenvalue weighted by Gasteiger charge is -2.33. The van der Waals surface area contributed by atoms with Gasteiger partial charge in [0.15, 0.2) is 0 Å². The average molecular weight is 288 g/mol. The molecule has 1 aliphatic carbocycles. The number of rotatable bonds is 5. The van der Waals surface area contributed by atoms with Gasteiger partial charge in [-0.05, 0) is 43.7 Å². The van der Waals surface area contributed by atoms with Gasteiger partial charge in [-0.2, -0.15) is 0 Å². The van der Waals surface area contributed by atoms with Crippen molar-refractivity contribution in [3.05, 3.63) is 21.9 Å². The molecular formula is C14H22F2N2S. The van der Waals surface area contributed by atoms with Gasteiger partial charge in [0.2, 0.25) is 5.92 Å². The van der Waals surface area contributed by atoms with Crippen molar-refractivity contribution in [1.82, 2.24) is 5.43 Å². The second kappa shape index (κ2) is 6.29. The second-order valence-corrected chi connectivity index (χ2v) is 6.65. The molecule has 0 bridgehead atoms. The summed E-state index contributed by atoms with van der Waals surface area (Å²) < 4.78 is 26.3. The Morgan fingerprint density at radius 3 is 2.53 bits per heavy atom. The average Bonchev–Trinajstić information content (AvgIpc) is 2.84. The number of halogens is 2. The summed E-state index contributed by atoms with van der Waals surface area (Å²) >= 11 is 1.80. The fraction of sp³-hybridized carbons (Fsp3) is 0.714. The van der Waals surface area contributed by atoms with Crippen LogP contribution in [0.3, 0.4) is 0 Å². The van der Waals surface area contributed by atoms with Crippen LogP contribution in [0, 0.1) is 5.92 Å². The van der Waals surface area contributed by atoms with E-state index in [9.17, 15) is 8.78 Å². The normalized spacial score (nSPS) is 21.5. The minimum Gasteiger partial charge on any atom is -0.271 e. The minimum atomic E-state index is -2.46. The maximum atomic E-state index is 13.2. The molecule has 0 amide bonds. The largest absolute Gasteiger partial charge is 0.271 e. The Balaban J connectivity index is 1.93. The van der Waals surface area contributed by atoms with Crippen LogP contribution in [0.25, 0.3) is 0 Å². The molecule has 1 heterocycles. The summed E-state index contributed by atoms with van der Waals surface area (Å²) in [5, 5.41) is 0. The van der Waals surface area contributed by atoms with E-state index in [-0.39, 0.29) is 24.8 Å². The molecule has 1 aromatic heterocycles. The fourth-order valence-corrected chi connectivity index (χ4v) is 3.78. The summed E-state index contributed by atoms with van der Waals surface area (Å²) in [6.45, 7) is 2.14. The quantitative estimate of drug-likeness (QED) is 0.643. The molecule has 5 heteroatoms. The molecule has 1 aliphatic rings. The molecule has 0 aliphatic heterocycles. The van der Waals surface area contributed by atoms with Gasteiger partial charge in [0, 0.05) is 28.6 Å². The van der Waals surface area contributed by atoms with E-state index in [1.54, 1.807) is 11.3 Å². The highest BCUT2D eigenvalue weighted by molar-refractivity contribution is 7.11. The Morgan fingerprint density at radius 2 is 2.00 bits per heavy atom. The third kappa shape index (κ3) is 3.97. The van der Waals surface area contributed by atoms with E-state index >= 15 is 0 Å². The molecule has 19 heavy (non-hydrogen) atoms. The number of nitrogens with two attached hydrogens (primary N) is 1. The first-order valence-corrected chi connectivity index (χ1v) is 7.77. The van der Waals surface area contributed by atoms with Crippen LogP contribution >= 0.6 is 11.3 Å². The van der Waals surface area contributed by atoms with Gasteiger partial charge in [-0.1, -0.05) is 6.92 Å². The second-order valence-electron chi connectivity index (χ2n) is 5.39. The SMILES string of the molecule is CCc1ccc(CC(NN)C2CCC(F)(F)CC2)s1. The maximum Gasteiger partial charge on any atom is 0.248 e. The summed E-state index contributed by atoms with van der Waals surface area (Å²) in [6.07, 6.45) is 3.02. The minimum absolute atomic E-state index is 0.000493. The Labute approximate surface area is 117 Å². The summed E-state index contributed by atoms with van der Waals surface area (Å²) in [5.41, 5.74) is 2.84. The van der Waals surface area contributed by atoms with E-state index in [0.717, 1.165) is 12.8 Å². The van der Waals surface area contributed by atoms with Crippen LogP contribution in [-0.4, -0.2) is 12.0 Å². The van der Waals surface area contributed by atoms with Gasteiger partial charge in [-0.25, -0.2) is 8.78 Å². The number of hydrogen-bond acceptors (Lipinski definition) is 3. The predicted molar refractivity (Wildman–Crippen MR) is 75.4 cm³/mol. The maximum absolute atomic E-state index is 13.2. The van der Waals surface area contributed by atoms with Crippen LogP contribution < -0.4 is 11.3 Å². The number of alkyl halides is 2. The molecule has 0 spiro atoms. The molecule has 0 saturated heterocycles. The topological polar surface area (TPSA) is 38.0 Å². The lowest BCUT2D eigenvalue weighted by Crippen LogP contribution is -2.44. The van der Waals surface area contributed by atoms with Gasteiger partial charge in [-0.3, -0.25) is 11.3 Å². The van der Waals surface area contributed by atoms with E-state index < -0.39 is 5.92 Å².